The molecular formula is C19H17Cl2FN4S. The SMILES string of the molecule is Cc1nn(Cc2c(F)cccc2Cl)c(C)c1NC(=S)Nc1cccc(Cl)c1. The van der Waals surface area contributed by atoms with E-state index in [1.165, 1.54) is 6.07 Å². The van der Waals surface area contributed by atoms with Crippen molar-refractivity contribution in [2.45, 2.75) is 20.4 Å². The third-order valence-electron chi connectivity index (χ3n) is 4.07. The van der Waals surface area contributed by atoms with E-state index in [0.29, 0.717) is 20.7 Å². The standard InChI is InChI=1S/C19H17Cl2FN4S/c1-11-18(24-19(27)23-14-6-3-5-13(20)9-14)12(2)26(25-11)10-15-16(21)7-4-8-17(15)22/h3-9H,10H2,1-2H3,(H2,23,24,27). The van der Waals surface area contributed by atoms with Crippen LogP contribution in [0.5, 0.6) is 0 Å². The van der Waals surface area contributed by atoms with Gasteiger partial charge < -0.3 is 10.6 Å². The molecule has 2 N–H and O–H groups in total. The highest BCUT2D eigenvalue weighted by molar-refractivity contribution is 7.80. The number of aryl methyl sites for hydroxylation is 1. The zero-order chi connectivity index (χ0) is 19.6. The molecule has 3 rings (SSSR count). The Morgan fingerprint density at radius 1 is 1.15 bits per heavy atom. The number of nitrogens with one attached hydrogen (secondary N) is 2. The van der Waals surface area contributed by atoms with Crippen molar-refractivity contribution >= 4 is 51.9 Å². The minimum Gasteiger partial charge on any atom is -0.332 e. The van der Waals surface area contributed by atoms with Gasteiger partial charge in [0, 0.05) is 21.3 Å². The van der Waals surface area contributed by atoms with Crippen LogP contribution in [0.3, 0.4) is 0 Å². The number of rotatable bonds is 4. The molecule has 0 spiro atoms. The molecule has 27 heavy (non-hydrogen) atoms. The fraction of sp³-hybridized carbons (Fsp3) is 0.158. The van der Waals surface area contributed by atoms with Crippen molar-refractivity contribution in [2.24, 2.45) is 0 Å². The summed E-state index contributed by atoms with van der Waals surface area (Å²) < 4.78 is 15.8. The second-order valence-electron chi connectivity index (χ2n) is 5.99. The summed E-state index contributed by atoms with van der Waals surface area (Å²) >= 11 is 17.5. The molecule has 1 aromatic heterocycles. The molecule has 8 heteroatoms. The lowest BCUT2D eigenvalue weighted by molar-refractivity contribution is 0.579. The quantitative estimate of drug-likeness (QED) is 0.521. The summed E-state index contributed by atoms with van der Waals surface area (Å²) in [7, 11) is 0. The molecule has 0 atom stereocenters. The van der Waals surface area contributed by atoms with Gasteiger partial charge in [-0.25, -0.2) is 4.39 Å². The van der Waals surface area contributed by atoms with E-state index in [2.05, 4.69) is 15.7 Å². The number of aromatic nitrogens is 2. The summed E-state index contributed by atoms with van der Waals surface area (Å²) in [5, 5.41) is 12.1. The number of anilines is 2. The van der Waals surface area contributed by atoms with Crippen LogP contribution in [0.2, 0.25) is 10.0 Å². The normalized spacial score (nSPS) is 10.7. The van der Waals surface area contributed by atoms with Crippen molar-refractivity contribution in [3.63, 3.8) is 0 Å². The van der Waals surface area contributed by atoms with Gasteiger partial charge in [-0.1, -0.05) is 35.3 Å². The molecule has 0 saturated carbocycles. The second-order valence-corrected chi connectivity index (χ2v) is 7.25. The first-order valence-electron chi connectivity index (χ1n) is 8.15. The molecular weight excluding hydrogens is 406 g/mol. The molecule has 0 radical (unpaired) electrons. The van der Waals surface area contributed by atoms with Crippen LogP contribution in [0.25, 0.3) is 0 Å². The summed E-state index contributed by atoms with van der Waals surface area (Å²) in [6.45, 7) is 3.98. The van der Waals surface area contributed by atoms with E-state index in [1.54, 1.807) is 28.9 Å². The fourth-order valence-electron chi connectivity index (χ4n) is 2.71. The lowest BCUT2D eigenvalue weighted by Gasteiger charge is -2.12. The van der Waals surface area contributed by atoms with Crippen LogP contribution in [0, 0.1) is 19.7 Å². The van der Waals surface area contributed by atoms with E-state index in [1.807, 2.05) is 26.0 Å². The zero-order valence-corrected chi connectivity index (χ0v) is 17.0. The Hall–Kier alpha value is -2.15. The molecule has 2 aromatic carbocycles. The molecule has 0 aliphatic carbocycles. The van der Waals surface area contributed by atoms with Crippen LogP contribution in [0.1, 0.15) is 17.0 Å². The summed E-state index contributed by atoms with van der Waals surface area (Å²) in [4.78, 5) is 0. The number of nitrogens with zero attached hydrogens (tertiary/aromatic N) is 2. The first-order chi connectivity index (χ1) is 12.8. The van der Waals surface area contributed by atoms with Crippen LogP contribution in [0.15, 0.2) is 42.5 Å². The second kappa shape index (κ2) is 8.25. The Bertz CT molecular complexity index is 983. The largest absolute Gasteiger partial charge is 0.332 e. The predicted octanol–water partition coefficient (Wildman–Crippen LogP) is 5.80. The number of benzene rings is 2. The van der Waals surface area contributed by atoms with Crippen LogP contribution >= 0.6 is 35.4 Å². The maximum atomic E-state index is 14.1. The van der Waals surface area contributed by atoms with E-state index >= 15 is 0 Å². The Balaban J connectivity index is 1.78. The third kappa shape index (κ3) is 4.58. The van der Waals surface area contributed by atoms with Crippen LogP contribution in [0.4, 0.5) is 15.8 Å². The Labute approximate surface area is 172 Å². The number of hydrogen-bond donors (Lipinski definition) is 2. The fourth-order valence-corrected chi connectivity index (χ4v) is 3.34. The number of thiocarbonyl (C=S) groups is 1. The average molecular weight is 423 g/mol. The summed E-state index contributed by atoms with van der Waals surface area (Å²) in [5.74, 6) is -0.359. The molecule has 0 unspecified atom stereocenters. The molecule has 0 fully saturated rings. The molecule has 0 aliphatic rings. The van der Waals surface area contributed by atoms with Crippen LogP contribution in [-0.2, 0) is 6.54 Å². The first-order valence-corrected chi connectivity index (χ1v) is 9.32. The molecule has 1 heterocycles. The monoisotopic (exact) mass is 422 g/mol. The minimum absolute atomic E-state index is 0.230. The highest BCUT2D eigenvalue weighted by Gasteiger charge is 2.16. The topological polar surface area (TPSA) is 41.9 Å². The van der Waals surface area contributed by atoms with Crippen molar-refractivity contribution in [1.29, 1.82) is 0 Å². The van der Waals surface area contributed by atoms with Gasteiger partial charge in [0.1, 0.15) is 5.82 Å². The van der Waals surface area contributed by atoms with Gasteiger partial charge in [0.15, 0.2) is 5.11 Å². The Kier molecular flexibility index (Phi) is 5.99. The van der Waals surface area contributed by atoms with Crippen molar-refractivity contribution in [3.8, 4) is 0 Å². The van der Waals surface area contributed by atoms with Crippen LogP contribution in [-0.4, -0.2) is 14.9 Å². The van der Waals surface area contributed by atoms with Crippen molar-refractivity contribution in [2.75, 3.05) is 10.6 Å². The smallest absolute Gasteiger partial charge is 0.175 e. The predicted molar refractivity (Wildman–Crippen MR) is 114 cm³/mol. The minimum atomic E-state index is -0.359. The van der Waals surface area contributed by atoms with Crippen LogP contribution < -0.4 is 10.6 Å². The van der Waals surface area contributed by atoms with E-state index in [9.17, 15) is 4.39 Å². The van der Waals surface area contributed by atoms with Gasteiger partial charge >= 0.3 is 0 Å². The van der Waals surface area contributed by atoms with Gasteiger partial charge in [-0.15, -0.1) is 0 Å². The molecule has 3 aromatic rings. The van der Waals surface area contributed by atoms with Gasteiger partial charge in [-0.05, 0) is 56.4 Å². The molecule has 140 valence electrons. The lowest BCUT2D eigenvalue weighted by atomic mass is 10.2. The maximum Gasteiger partial charge on any atom is 0.175 e. The number of hydrogen-bond acceptors (Lipinski definition) is 2. The first kappa shape index (κ1) is 19.6. The Morgan fingerprint density at radius 2 is 1.89 bits per heavy atom. The van der Waals surface area contributed by atoms with E-state index in [-0.39, 0.29) is 12.4 Å². The molecule has 4 nitrogen and oxygen atoms in total. The molecule has 0 saturated heterocycles. The van der Waals surface area contributed by atoms with E-state index in [4.69, 9.17) is 35.4 Å². The van der Waals surface area contributed by atoms with Gasteiger partial charge in [0.25, 0.3) is 0 Å². The van der Waals surface area contributed by atoms with E-state index in [0.717, 1.165) is 22.8 Å². The van der Waals surface area contributed by atoms with Gasteiger partial charge in [-0.2, -0.15) is 5.10 Å². The zero-order valence-electron chi connectivity index (χ0n) is 14.7. The molecule has 0 aliphatic heterocycles. The van der Waals surface area contributed by atoms with Gasteiger partial charge in [0.05, 0.1) is 23.6 Å². The molecule has 0 bridgehead atoms. The maximum absolute atomic E-state index is 14.1. The van der Waals surface area contributed by atoms with Crippen molar-refractivity contribution < 1.29 is 4.39 Å². The summed E-state index contributed by atoms with van der Waals surface area (Å²) in [6.07, 6.45) is 0. The van der Waals surface area contributed by atoms with Crippen molar-refractivity contribution in [1.82, 2.24) is 9.78 Å². The van der Waals surface area contributed by atoms with Gasteiger partial charge in [-0.3, -0.25) is 4.68 Å². The van der Waals surface area contributed by atoms with E-state index < -0.39 is 0 Å². The van der Waals surface area contributed by atoms with Gasteiger partial charge in [0.2, 0.25) is 0 Å². The highest BCUT2D eigenvalue weighted by atomic mass is 35.5. The average Bonchev–Trinajstić information content (AvgIpc) is 2.86. The number of halogens is 3. The summed E-state index contributed by atoms with van der Waals surface area (Å²) in [6, 6.07) is 11.9. The highest BCUT2D eigenvalue weighted by Crippen LogP contribution is 2.25. The third-order valence-corrected chi connectivity index (χ3v) is 4.87. The summed E-state index contributed by atoms with van der Waals surface area (Å²) in [5.41, 5.74) is 3.51. The molecule has 0 amide bonds. The Morgan fingerprint density at radius 3 is 2.59 bits per heavy atom. The lowest BCUT2D eigenvalue weighted by Crippen LogP contribution is -2.20. The van der Waals surface area contributed by atoms with Crippen molar-refractivity contribution in [3.05, 3.63) is 75.3 Å².